The zero-order valence-corrected chi connectivity index (χ0v) is 19.9. The van der Waals surface area contributed by atoms with Gasteiger partial charge < -0.3 is 24.2 Å². The lowest BCUT2D eigenvalue weighted by atomic mass is 10.0. The summed E-state index contributed by atoms with van der Waals surface area (Å²) in [5, 5.41) is 9.08. The number of carboxylic acid groups (broad SMARTS) is 1. The van der Waals surface area contributed by atoms with Crippen LogP contribution in [0.3, 0.4) is 0 Å². The number of nitrogens with one attached hydrogen (secondary N) is 2. The number of hydrogen-bond donors (Lipinski definition) is 3. The van der Waals surface area contributed by atoms with E-state index in [1.165, 1.54) is 36.5 Å². The highest BCUT2D eigenvalue weighted by Gasteiger charge is 2.31. The normalized spacial score (nSPS) is 17.5. The van der Waals surface area contributed by atoms with E-state index in [9.17, 15) is 14.4 Å². The predicted octanol–water partition coefficient (Wildman–Crippen LogP) is 2.30. The Bertz CT molecular complexity index is 1410. The fourth-order valence-corrected chi connectivity index (χ4v) is 4.59. The van der Waals surface area contributed by atoms with E-state index in [-0.39, 0.29) is 29.2 Å². The number of halogens is 1. The number of carbonyl (C=O) groups excluding carboxylic acids is 1. The molecule has 1 fully saturated rings. The Balaban J connectivity index is 1.51. The summed E-state index contributed by atoms with van der Waals surface area (Å²) in [5.41, 5.74) is 5.74. The number of piperazine rings is 1. The third-order valence-electron chi connectivity index (χ3n) is 6.66. The first-order valence-corrected chi connectivity index (χ1v) is 11.6. The number of hydrogen-bond acceptors (Lipinski definition) is 7. The van der Waals surface area contributed by atoms with Crippen molar-refractivity contribution in [2.75, 3.05) is 50.2 Å². The maximum absolute atomic E-state index is 15.4. The summed E-state index contributed by atoms with van der Waals surface area (Å²) in [5.74, 6) is -2.00. The molecule has 2 aliphatic rings. The first-order chi connectivity index (χ1) is 17.2. The second kappa shape index (κ2) is 9.15. The molecule has 1 saturated heterocycles. The minimum atomic E-state index is -1.07. The summed E-state index contributed by atoms with van der Waals surface area (Å²) < 4.78 is 23.2. The van der Waals surface area contributed by atoms with E-state index >= 15 is 4.39 Å². The predicted molar refractivity (Wildman–Crippen MR) is 133 cm³/mol. The zero-order chi connectivity index (χ0) is 25.6. The van der Waals surface area contributed by atoms with Crippen LogP contribution in [0.15, 0.2) is 41.3 Å². The Kier molecular flexibility index (Phi) is 6.00. The van der Waals surface area contributed by atoms with Crippen LogP contribution in [0.1, 0.15) is 33.7 Å². The SMILES string of the molecule is C[C@H]1COc2c(N3CCN(C)CC3)c(F)cc3c(=O)c(C(=O)NNc4ccc(C(=O)O)cc4)cn1c23. The standard InChI is InChI=1S/C25H26FN5O5/c1-14-13-36-23-20-17(11-19(26)21(23)30-9-7-29(2)8-10-30)22(32)18(12-31(14)20)24(33)28-27-16-5-3-15(4-6-16)25(34)35/h3-6,11-12,14,27H,7-10,13H2,1-2H3,(H,28,33)(H,34,35)/t14-/m0/s1. The monoisotopic (exact) mass is 495 g/mol. The highest BCUT2D eigenvalue weighted by molar-refractivity contribution is 6.00. The van der Waals surface area contributed by atoms with Gasteiger partial charge in [-0.25, -0.2) is 9.18 Å². The third kappa shape index (κ3) is 4.11. The van der Waals surface area contributed by atoms with E-state index < -0.39 is 23.1 Å². The highest BCUT2D eigenvalue weighted by atomic mass is 19.1. The van der Waals surface area contributed by atoms with Crippen molar-refractivity contribution in [3.8, 4) is 5.75 Å². The topological polar surface area (TPSA) is 116 Å². The average Bonchev–Trinajstić information content (AvgIpc) is 2.86. The van der Waals surface area contributed by atoms with E-state index in [1.807, 2.05) is 18.9 Å². The van der Waals surface area contributed by atoms with E-state index in [4.69, 9.17) is 9.84 Å². The number of anilines is 2. The van der Waals surface area contributed by atoms with Gasteiger partial charge in [-0.05, 0) is 44.3 Å². The molecule has 0 radical (unpaired) electrons. The van der Waals surface area contributed by atoms with Gasteiger partial charge in [0.2, 0.25) is 5.43 Å². The van der Waals surface area contributed by atoms with Gasteiger partial charge in [-0.15, -0.1) is 0 Å². The number of benzene rings is 2. The summed E-state index contributed by atoms with van der Waals surface area (Å²) in [6.45, 7) is 5.00. The van der Waals surface area contributed by atoms with Crippen LogP contribution in [0.5, 0.6) is 5.75 Å². The van der Waals surface area contributed by atoms with Crippen LogP contribution < -0.4 is 25.9 Å². The second-order valence-corrected chi connectivity index (χ2v) is 9.12. The van der Waals surface area contributed by atoms with Crippen molar-refractivity contribution in [1.29, 1.82) is 0 Å². The molecule has 11 heteroatoms. The van der Waals surface area contributed by atoms with E-state index in [1.54, 1.807) is 4.57 Å². The molecule has 36 heavy (non-hydrogen) atoms. The van der Waals surface area contributed by atoms with Gasteiger partial charge in [0.05, 0.1) is 28.2 Å². The molecular formula is C25H26FN5O5. The number of amides is 1. The molecular weight excluding hydrogens is 469 g/mol. The number of ether oxygens (including phenoxy) is 1. The smallest absolute Gasteiger partial charge is 0.335 e. The van der Waals surface area contributed by atoms with Crippen molar-refractivity contribution in [3.63, 3.8) is 0 Å². The maximum atomic E-state index is 15.4. The molecule has 0 saturated carbocycles. The quantitative estimate of drug-likeness (QED) is 0.462. The number of likely N-dealkylation sites (N-methyl/N-ethyl adjacent to an activating group) is 1. The molecule has 3 aromatic rings. The number of pyridine rings is 1. The average molecular weight is 496 g/mol. The second-order valence-electron chi connectivity index (χ2n) is 9.12. The Morgan fingerprint density at radius 3 is 2.50 bits per heavy atom. The molecule has 2 aromatic carbocycles. The summed E-state index contributed by atoms with van der Waals surface area (Å²) in [4.78, 5) is 41.4. The first-order valence-electron chi connectivity index (χ1n) is 11.6. The largest absolute Gasteiger partial charge is 0.487 e. The molecule has 2 aliphatic heterocycles. The minimum Gasteiger partial charge on any atom is -0.487 e. The van der Waals surface area contributed by atoms with Crippen molar-refractivity contribution in [2.45, 2.75) is 13.0 Å². The maximum Gasteiger partial charge on any atom is 0.335 e. The van der Waals surface area contributed by atoms with Crippen molar-refractivity contribution in [3.05, 3.63) is 63.7 Å². The van der Waals surface area contributed by atoms with E-state index in [2.05, 4.69) is 15.8 Å². The number of aromatic nitrogens is 1. The molecule has 1 aromatic heterocycles. The molecule has 188 valence electrons. The molecule has 0 spiro atoms. The number of nitrogens with zero attached hydrogens (tertiary/aromatic N) is 3. The molecule has 3 N–H and O–H groups in total. The van der Waals surface area contributed by atoms with E-state index in [0.717, 1.165) is 13.1 Å². The molecule has 0 aliphatic carbocycles. The van der Waals surface area contributed by atoms with Gasteiger partial charge in [-0.2, -0.15) is 0 Å². The van der Waals surface area contributed by atoms with Crippen molar-refractivity contribution in [1.82, 2.24) is 14.9 Å². The van der Waals surface area contributed by atoms with Crippen molar-refractivity contribution < 1.29 is 23.8 Å². The van der Waals surface area contributed by atoms with Gasteiger partial charge in [-0.1, -0.05) is 0 Å². The van der Waals surface area contributed by atoms with Gasteiger partial charge in [-0.3, -0.25) is 20.4 Å². The molecule has 1 amide bonds. The Morgan fingerprint density at radius 1 is 1.14 bits per heavy atom. The van der Waals surface area contributed by atoms with Crippen molar-refractivity contribution >= 4 is 34.2 Å². The van der Waals surface area contributed by atoms with Gasteiger partial charge in [0, 0.05) is 32.4 Å². The summed E-state index contributed by atoms with van der Waals surface area (Å²) in [6, 6.07) is 6.76. The molecule has 0 unspecified atom stereocenters. The number of hydrazine groups is 1. The molecule has 1 atom stereocenters. The van der Waals surface area contributed by atoms with Crippen LogP contribution in [-0.2, 0) is 0 Å². The lowest BCUT2D eigenvalue weighted by Crippen LogP contribution is -2.45. The van der Waals surface area contributed by atoms with Gasteiger partial charge in [0.1, 0.15) is 17.9 Å². The lowest BCUT2D eigenvalue weighted by Gasteiger charge is -2.37. The first kappa shape index (κ1) is 23.6. The molecule has 0 bridgehead atoms. The van der Waals surface area contributed by atoms with Crippen LogP contribution in [0, 0.1) is 5.82 Å². The summed E-state index contributed by atoms with van der Waals surface area (Å²) in [6.07, 6.45) is 1.48. The minimum absolute atomic E-state index is 0.0744. The lowest BCUT2D eigenvalue weighted by molar-refractivity contribution is 0.0696. The molecule has 5 rings (SSSR count). The van der Waals surface area contributed by atoms with Gasteiger partial charge >= 0.3 is 5.97 Å². The van der Waals surface area contributed by atoms with Crippen LogP contribution in [0.25, 0.3) is 10.9 Å². The Hall–Kier alpha value is -4.12. The number of aromatic carboxylic acids is 1. The zero-order valence-electron chi connectivity index (χ0n) is 19.9. The van der Waals surface area contributed by atoms with Crippen LogP contribution in [-0.4, -0.2) is 66.3 Å². The van der Waals surface area contributed by atoms with Crippen molar-refractivity contribution in [2.24, 2.45) is 0 Å². The molecule has 10 nitrogen and oxygen atoms in total. The fraction of sp³-hybridized carbons (Fsp3) is 0.320. The summed E-state index contributed by atoms with van der Waals surface area (Å²) >= 11 is 0. The van der Waals surface area contributed by atoms with Gasteiger partial charge in [0.25, 0.3) is 5.91 Å². The third-order valence-corrected chi connectivity index (χ3v) is 6.66. The Morgan fingerprint density at radius 2 is 1.83 bits per heavy atom. The fourth-order valence-electron chi connectivity index (χ4n) is 4.59. The number of rotatable bonds is 5. The number of carbonyl (C=O) groups is 2. The number of carboxylic acids is 1. The summed E-state index contributed by atoms with van der Waals surface area (Å²) in [7, 11) is 2.01. The van der Waals surface area contributed by atoms with Crippen LogP contribution >= 0.6 is 0 Å². The van der Waals surface area contributed by atoms with Gasteiger partial charge in [0.15, 0.2) is 11.6 Å². The van der Waals surface area contributed by atoms with Crippen LogP contribution in [0.2, 0.25) is 0 Å². The highest BCUT2D eigenvalue weighted by Crippen LogP contribution is 2.42. The van der Waals surface area contributed by atoms with E-state index in [0.29, 0.717) is 35.7 Å². The molecule has 3 heterocycles. The van der Waals surface area contributed by atoms with Crippen LogP contribution in [0.4, 0.5) is 15.8 Å². The Labute approximate surface area is 205 Å².